The Hall–Kier alpha value is -2.57. The average molecular weight is 298 g/mol. The van der Waals surface area contributed by atoms with Crippen molar-refractivity contribution in [3.63, 3.8) is 0 Å². The maximum absolute atomic E-state index is 11.3. The predicted octanol–water partition coefficient (Wildman–Crippen LogP) is 1.41. The highest BCUT2D eigenvalue weighted by Crippen LogP contribution is 2.31. The van der Waals surface area contributed by atoms with Gasteiger partial charge in [0.25, 0.3) is 5.91 Å². The Bertz CT molecular complexity index is 675. The highest BCUT2D eigenvalue weighted by Gasteiger charge is 2.28. The van der Waals surface area contributed by atoms with E-state index in [0.717, 1.165) is 25.8 Å². The van der Waals surface area contributed by atoms with E-state index in [0.29, 0.717) is 23.0 Å². The molecule has 0 aliphatic carbocycles. The van der Waals surface area contributed by atoms with Crippen molar-refractivity contribution in [2.75, 3.05) is 11.4 Å². The van der Waals surface area contributed by atoms with Gasteiger partial charge < -0.3 is 10.6 Å². The second-order valence-corrected chi connectivity index (χ2v) is 5.35. The molecular formula is C15H18N6O. The molecule has 3 rings (SSSR count). The van der Waals surface area contributed by atoms with E-state index in [1.165, 1.54) is 6.20 Å². The zero-order valence-corrected chi connectivity index (χ0v) is 12.4. The lowest BCUT2D eigenvalue weighted by atomic mass is 10.0. The molecule has 1 unspecified atom stereocenters. The van der Waals surface area contributed by atoms with E-state index in [1.807, 2.05) is 0 Å². The van der Waals surface area contributed by atoms with E-state index in [4.69, 9.17) is 5.73 Å². The van der Waals surface area contributed by atoms with Crippen molar-refractivity contribution in [1.29, 1.82) is 0 Å². The number of primary amides is 1. The van der Waals surface area contributed by atoms with E-state index in [1.54, 1.807) is 25.4 Å². The molecular weight excluding hydrogens is 280 g/mol. The van der Waals surface area contributed by atoms with Gasteiger partial charge in [-0.2, -0.15) is 0 Å². The molecule has 0 bridgehead atoms. The molecule has 1 amide bonds. The molecule has 0 saturated carbocycles. The predicted molar refractivity (Wildman–Crippen MR) is 81.3 cm³/mol. The molecule has 1 aliphatic rings. The maximum atomic E-state index is 11.3. The minimum atomic E-state index is -0.504. The lowest BCUT2D eigenvalue weighted by Gasteiger charge is -2.34. The van der Waals surface area contributed by atoms with Gasteiger partial charge in [0.1, 0.15) is 0 Å². The molecule has 0 spiro atoms. The Morgan fingerprint density at radius 2 is 2.05 bits per heavy atom. The van der Waals surface area contributed by atoms with Gasteiger partial charge in [-0.25, -0.2) is 19.9 Å². The number of carbonyl (C=O) groups is 1. The van der Waals surface area contributed by atoms with Gasteiger partial charge >= 0.3 is 0 Å². The van der Waals surface area contributed by atoms with Crippen molar-refractivity contribution >= 4 is 11.9 Å². The standard InChI is InChI=1S/C15H18N6O/c1-10-11(13(16)22)9-19-14(20-10)12-5-2-3-8-21(12)15-17-6-4-7-18-15/h4,6-7,9,12H,2-3,5,8H2,1H3,(H2,16,22). The molecule has 0 radical (unpaired) electrons. The van der Waals surface area contributed by atoms with Crippen LogP contribution in [0.5, 0.6) is 0 Å². The van der Waals surface area contributed by atoms with Crippen LogP contribution in [0.3, 0.4) is 0 Å². The first-order valence-electron chi connectivity index (χ1n) is 7.34. The summed E-state index contributed by atoms with van der Waals surface area (Å²) in [6, 6.07) is 1.82. The molecule has 114 valence electrons. The summed E-state index contributed by atoms with van der Waals surface area (Å²) < 4.78 is 0. The zero-order valence-electron chi connectivity index (χ0n) is 12.4. The van der Waals surface area contributed by atoms with Gasteiger partial charge in [0.15, 0.2) is 5.82 Å². The molecule has 2 aromatic heterocycles. The largest absolute Gasteiger partial charge is 0.365 e. The summed E-state index contributed by atoms with van der Waals surface area (Å²) in [5.74, 6) is 0.873. The highest BCUT2D eigenvalue weighted by atomic mass is 16.1. The number of aromatic nitrogens is 4. The van der Waals surface area contributed by atoms with Crippen molar-refractivity contribution in [1.82, 2.24) is 19.9 Å². The van der Waals surface area contributed by atoms with Crippen molar-refractivity contribution in [2.24, 2.45) is 5.73 Å². The van der Waals surface area contributed by atoms with Gasteiger partial charge in [-0.3, -0.25) is 4.79 Å². The van der Waals surface area contributed by atoms with Crippen LogP contribution in [-0.2, 0) is 0 Å². The van der Waals surface area contributed by atoms with E-state index in [-0.39, 0.29) is 6.04 Å². The average Bonchev–Trinajstić information content (AvgIpc) is 2.55. The van der Waals surface area contributed by atoms with Crippen molar-refractivity contribution in [3.8, 4) is 0 Å². The fourth-order valence-corrected chi connectivity index (χ4v) is 2.77. The lowest BCUT2D eigenvalue weighted by molar-refractivity contribution is 0.0999. The van der Waals surface area contributed by atoms with E-state index < -0.39 is 5.91 Å². The Balaban J connectivity index is 1.94. The first-order chi connectivity index (χ1) is 10.7. The van der Waals surface area contributed by atoms with Crippen LogP contribution in [0, 0.1) is 6.92 Å². The quantitative estimate of drug-likeness (QED) is 0.920. The first-order valence-corrected chi connectivity index (χ1v) is 7.34. The van der Waals surface area contributed by atoms with Gasteiger partial charge in [0, 0.05) is 25.1 Å². The Kier molecular flexibility index (Phi) is 3.95. The maximum Gasteiger partial charge on any atom is 0.252 e. The molecule has 7 nitrogen and oxygen atoms in total. The normalized spacial score (nSPS) is 18.2. The third-order valence-electron chi connectivity index (χ3n) is 3.87. The summed E-state index contributed by atoms with van der Waals surface area (Å²) in [7, 11) is 0. The molecule has 7 heteroatoms. The van der Waals surface area contributed by atoms with Gasteiger partial charge in [-0.05, 0) is 32.3 Å². The number of nitrogens with zero attached hydrogens (tertiary/aromatic N) is 5. The van der Waals surface area contributed by atoms with Crippen molar-refractivity contribution < 1.29 is 4.79 Å². The number of hydrogen-bond donors (Lipinski definition) is 1. The molecule has 1 fully saturated rings. The number of piperidine rings is 1. The lowest BCUT2D eigenvalue weighted by Crippen LogP contribution is -2.36. The van der Waals surface area contributed by atoms with Crippen LogP contribution in [-0.4, -0.2) is 32.4 Å². The zero-order chi connectivity index (χ0) is 15.5. The topological polar surface area (TPSA) is 97.9 Å². The van der Waals surface area contributed by atoms with Gasteiger partial charge in [0.2, 0.25) is 5.95 Å². The van der Waals surface area contributed by atoms with E-state index in [9.17, 15) is 4.79 Å². The number of aryl methyl sites for hydroxylation is 1. The SMILES string of the molecule is Cc1nc(C2CCCCN2c2ncccn2)ncc1C(N)=O. The molecule has 22 heavy (non-hydrogen) atoms. The van der Waals surface area contributed by atoms with Crippen molar-refractivity contribution in [2.45, 2.75) is 32.2 Å². The number of rotatable bonds is 3. The molecule has 2 N–H and O–H groups in total. The second-order valence-electron chi connectivity index (χ2n) is 5.35. The minimum absolute atomic E-state index is 0.0248. The van der Waals surface area contributed by atoms with Gasteiger partial charge in [-0.15, -0.1) is 0 Å². The number of nitrogens with two attached hydrogens (primary N) is 1. The van der Waals surface area contributed by atoms with Crippen LogP contribution in [0.25, 0.3) is 0 Å². The van der Waals surface area contributed by atoms with E-state index >= 15 is 0 Å². The monoisotopic (exact) mass is 298 g/mol. The molecule has 2 aromatic rings. The number of hydrogen-bond acceptors (Lipinski definition) is 6. The Morgan fingerprint density at radius 3 is 2.73 bits per heavy atom. The number of amides is 1. The Morgan fingerprint density at radius 1 is 1.27 bits per heavy atom. The second kappa shape index (κ2) is 6.05. The fraction of sp³-hybridized carbons (Fsp3) is 0.400. The van der Waals surface area contributed by atoms with Crippen LogP contribution >= 0.6 is 0 Å². The third kappa shape index (κ3) is 2.74. The summed E-state index contributed by atoms with van der Waals surface area (Å²) in [5.41, 5.74) is 6.28. The van der Waals surface area contributed by atoms with Gasteiger partial charge in [0.05, 0.1) is 17.3 Å². The van der Waals surface area contributed by atoms with Crippen LogP contribution in [0.4, 0.5) is 5.95 Å². The van der Waals surface area contributed by atoms with Crippen LogP contribution in [0.15, 0.2) is 24.7 Å². The summed E-state index contributed by atoms with van der Waals surface area (Å²) in [4.78, 5) is 30.9. The van der Waals surface area contributed by atoms with Gasteiger partial charge in [-0.1, -0.05) is 0 Å². The third-order valence-corrected chi connectivity index (χ3v) is 3.87. The molecule has 1 aliphatic heterocycles. The fourth-order valence-electron chi connectivity index (χ4n) is 2.77. The van der Waals surface area contributed by atoms with Crippen LogP contribution in [0.2, 0.25) is 0 Å². The highest BCUT2D eigenvalue weighted by molar-refractivity contribution is 5.93. The molecule has 1 atom stereocenters. The van der Waals surface area contributed by atoms with Crippen molar-refractivity contribution in [3.05, 3.63) is 41.7 Å². The van der Waals surface area contributed by atoms with E-state index in [2.05, 4.69) is 24.8 Å². The van der Waals surface area contributed by atoms with Crippen LogP contribution in [0.1, 0.15) is 47.2 Å². The summed E-state index contributed by atoms with van der Waals surface area (Å²) in [5, 5.41) is 0. The Labute approximate surface area is 128 Å². The summed E-state index contributed by atoms with van der Waals surface area (Å²) in [6.45, 7) is 2.64. The molecule has 0 aromatic carbocycles. The minimum Gasteiger partial charge on any atom is -0.365 e. The van der Waals surface area contributed by atoms with Crippen LogP contribution < -0.4 is 10.6 Å². The number of anilines is 1. The summed E-state index contributed by atoms with van der Waals surface area (Å²) >= 11 is 0. The smallest absolute Gasteiger partial charge is 0.252 e. The summed E-state index contributed by atoms with van der Waals surface area (Å²) in [6.07, 6.45) is 8.11. The molecule has 1 saturated heterocycles. The number of carbonyl (C=O) groups excluding carboxylic acids is 1. The molecule has 3 heterocycles. The first kappa shape index (κ1) is 14.4.